The minimum absolute atomic E-state index is 0.0651. The summed E-state index contributed by atoms with van der Waals surface area (Å²) < 4.78 is 27.9. The summed E-state index contributed by atoms with van der Waals surface area (Å²) in [6, 6.07) is 29.4. The van der Waals surface area contributed by atoms with Crippen LogP contribution in [0.1, 0.15) is 41.3 Å². The van der Waals surface area contributed by atoms with E-state index in [9.17, 15) is 9.59 Å². The number of H-pyrrole nitrogens is 1. The summed E-state index contributed by atoms with van der Waals surface area (Å²) in [4.78, 5) is 27.7. The average Bonchev–Trinajstić information content (AvgIpc) is 3.26. The second kappa shape index (κ2) is 12.3. The molecule has 0 radical (unpaired) electrons. The van der Waals surface area contributed by atoms with Gasteiger partial charge in [0.2, 0.25) is 0 Å². The average molecular weight is 613 g/mol. The smallest absolute Gasteiger partial charge is 0.330 e. The zero-order valence-corrected chi connectivity index (χ0v) is 26.7. The minimum Gasteiger partial charge on any atom is -0.497 e. The Kier molecular flexibility index (Phi) is 8.48. The molecule has 9 heteroatoms. The number of benzene rings is 3. The van der Waals surface area contributed by atoms with E-state index in [1.807, 2.05) is 60.7 Å². The number of methoxy groups -OCH3 is 1. The largest absolute Gasteiger partial charge is 0.497 e. The lowest BCUT2D eigenvalue weighted by molar-refractivity contribution is -0.0935. The number of hydrogen-bond acceptors (Lipinski definition) is 6. The van der Waals surface area contributed by atoms with Crippen molar-refractivity contribution in [1.82, 2.24) is 9.55 Å². The first-order valence-corrected chi connectivity index (χ1v) is 18.4. The van der Waals surface area contributed by atoms with Gasteiger partial charge in [-0.25, -0.2) is 4.79 Å². The van der Waals surface area contributed by atoms with E-state index < -0.39 is 31.9 Å². The van der Waals surface area contributed by atoms with Crippen LogP contribution in [-0.4, -0.2) is 43.8 Å². The molecule has 3 aromatic carbocycles. The molecule has 230 valence electrons. The number of rotatable bonds is 8. The van der Waals surface area contributed by atoms with Gasteiger partial charge in [-0.2, -0.15) is 0 Å². The Morgan fingerprint density at radius 1 is 0.932 bits per heavy atom. The predicted octanol–water partition coefficient (Wildman–Crippen LogP) is 5.76. The minimum atomic E-state index is -2.00. The standard InChI is InChI=1S/C35H40N2O6Si/c1-24-22-37(34(39)36-32(24)38)33-29-16-11-21-44(3,4)43-31(29)30(42-33)23-41-35(25-12-7-5-8-13-25,26-14-9-6-10-15-26)27-17-19-28(40-2)20-18-27/h5-10,12-15,17-20,22,29-31,33H,11,16,21,23H2,1-4H3,(H,36,38,39)/t29-,30-,31+,33-/m1/s1. The third kappa shape index (κ3) is 5.72. The van der Waals surface area contributed by atoms with Gasteiger partial charge in [0, 0.05) is 17.7 Å². The van der Waals surface area contributed by atoms with Gasteiger partial charge in [-0.3, -0.25) is 14.3 Å². The highest BCUT2D eigenvalue weighted by molar-refractivity contribution is 6.71. The molecule has 2 fully saturated rings. The van der Waals surface area contributed by atoms with Crippen LogP contribution in [0.25, 0.3) is 0 Å². The molecule has 4 atom stereocenters. The Balaban J connectivity index is 1.44. The molecule has 2 aliphatic rings. The van der Waals surface area contributed by atoms with Crippen molar-refractivity contribution in [2.24, 2.45) is 5.92 Å². The van der Waals surface area contributed by atoms with Gasteiger partial charge < -0.3 is 18.6 Å². The SMILES string of the molecule is COc1ccc(C(OC[C@H]2O[C@@H](n3cc(C)c(=O)[nH]c3=O)[C@@H]3CCC[Si](C)(C)O[C@@H]32)(c2ccccc2)c2ccccc2)cc1. The lowest BCUT2D eigenvalue weighted by Crippen LogP contribution is -2.43. The Morgan fingerprint density at radius 3 is 2.16 bits per heavy atom. The Hall–Kier alpha value is -3.76. The van der Waals surface area contributed by atoms with Crippen molar-refractivity contribution in [1.29, 1.82) is 0 Å². The van der Waals surface area contributed by atoms with Gasteiger partial charge in [-0.15, -0.1) is 0 Å². The Bertz CT molecular complexity index is 1650. The summed E-state index contributed by atoms with van der Waals surface area (Å²) in [5, 5.41) is 0. The normalized spacial score (nSPS) is 23.1. The number of hydrogen-bond donors (Lipinski definition) is 1. The highest BCUT2D eigenvalue weighted by atomic mass is 28.4. The number of nitrogens with one attached hydrogen (secondary N) is 1. The Morgan fingerprint density at radius 2 is 1.55 bits per heavy atom. The molecule has 0 unspecified atom stereocenters. The second-order valence-electron chi connectivity index (χ2n) is 12.4. The van der Waals surface area contributed by atoms with Crippen LogP contribution in [0.4, 0.5) is 0 Å². The topological polar surface area (TPSA) is 91.8 Å². The summed E-state index contributed by atoms with van der Waals surface area (Å²) in [5.41, 5.74) is 1.53. The van der Waals surface area contributed by atoms with E-state index in [4.69, 9.17) is 18.6 Å². The van der Waals surface area contributed by atoms with Crippen LogP contribution in [0.3, 0.4) is 0 Å². The number of ether oxygens (including phenoxy) is 3. The predicted molar refractivity (Wildman–Crippen MR) is 172 cm³/mol. The lowest BCUT2D eigenvalue weighted by atomic mass is 9.80. The van der Waals surface area contributed by atoms with Crippen molar-refractivity contribution >= 4 is 8.32 Å². The fraction of sp³-hybridized carbons (Fsp3) is 0.371. The maximum absolute atomic E-state index is 13.1. The van der Waals surface area contributed by atoms with Crippen molar-refractivity contribution in [3.63, 3.8) is 0 Å². The third-order valence-electron chi connectivity index (χ3n) is 8.98. The molecule has 0 amide bonds. The maximum atomic E-state index is 13.1. The molecule has 4 aromatic rings. The van der Waals surface area contributed by atoms with Gasteiger partial charge in [-0.05, 0) is 61.3 Å². The third-order valence-corrected chi connectivity index (χ3v) is 11.4. The number of aromatic amines is 1. The fourth-order valence-corrected chi connectivity index (χ4v) is 9.00. The molecule has 2 saturated heterocycles. The van der Waals surface area contributed by atoms with Crippen molar-refractivity contribution in [3.8, 4) is 5.75 Å². The number of aromatic nitrogens is 2. The highest BCUT2D eigenvalue weighted by Gasteiger charge is 2.51. The van der Waals surface area contributed by atoms with E-state index in [0.29, 0.717) is 5.56 Å². The number of fused-ring (bicyclic) bond motifs is 1. The first-order chi connectivity index (χ1) is 21.2. The zero-order valence-electron chi connectivity index (χ0n) is 25.7. The van der Waals surface area contributed by atoms with Crippen LogP contribution in [-0.2, 0) is 19.5 Å². The molecule has 8 nitrogen and oxygen atoms in total. The van der Waals surface area contributed by atoms with E-state index >= 15 is 0 Å². The quantitative estimate of drug-likeness (QED) is 0.201. The van der Waals surface area contributed by atoms with Crippen LogP contribution < -0.4 is 16.0 Å². The molecule has 0 aliphatic carbocycles. The molecule has 2 aliphatic heterocycles. The van der Waals surface area contributed by atoms with Crippen LogP contribution in [0.15, 0.2) is 101 Å². The van der Waals surface area contributed by atoms with Crippen LogP contribution in [0.2, 0.25) is 19.1 Å². The number of aryl methyl sites for hydroxylation is 1. The van der Waals surface area contributed by atoms with Gasteiger partial charge >= 0.3 is 5.69 Å². The van der Waals surface area contributed by atoms with Gasteiger partial charge in [-0.1, -0.05) is 79.2 Å². The number of nitrogens with zero attached hydrogens (tertiary/aromatic N) is 1. The molecular weight excluding hydrogens is 572 g/mol. The lowest BCUT2D eigenvalue weighted by Gasteiger charge is -2.38. The first kappa shape index (κ1) is 30.3. The van der Waals surface area contributed by atoms with E-state index in [2.05, 4.69) is 42.3 Å². The van der Waals surface area contributed by atoms with Crippen molar-refractivity contribution in [2.45, 2.75) is 62.9 Å². The molecule has 3 heterocycles. The molecule has 0 spiro atoms. The van der Waals surface area contributed by atoms with Gasteiger partial charge in [0.1, 0.15) is 23.7 Å². The van der Waals surface area contributed by atoms with Crippen molar-refractivity contribution < 1.29 is 18.6 Å². The van der Waals surface area contributed by atoms with Crippen LogP contribution in [0.5, 0.6) is 5.75 Å². The molecule has 1 aromatic heterocycles. The summed E-state index contributed by atoms with van der Waals surface area (Å²) in [6.45, 7) is 6.40. The Labute approximate surface area is 258 Å². The summed E-state index contributed by atoms with van der Waals surface area (Å²) >= 11 is 0. The molecule has 6 rings (SSSR count). The van der Waals surface area contributed by atoms with E-state index in [0.717, 1.165) is 41.3 Å². The van der Waals surface area contributed by atoms with Gasteiger partial charge in [0.15, 0.2) is 8.32 Å². The van der Waals surface area contributed by atoms with Crippen molar-refractivity contribution in [2.75, 3.05) is 13.7 Å². The molecule has 0 bridgehead atoms. The van der Waals surface area contributed by atoms with E-state index in [1.54, 1.807) is 20.2 Å². The summed E-state index contributed by atoms with van der Waals surface area (Å²) in [5.74, 6) is 0.694. The van der Waals surface area contributed by atoms with Crippen molar-refractivity contribution in [3.05, 3.63) is 134 Å². The molecule has 44 heavy (non-hydrogen) atoms. The summed E-state index contributed by atoms with van der Waals surface area (Å²) in [7, 11) is -0.347. The molecular formula is C35H40N2O6Si. The first-order valence-electron chi connectivity index (χ1n) is 15.3. The van der Waals surface area contributed by atoms with Crippen LogP contribution in [0, 0.1) is 12.8 Å². The zero-order chi connectivity index (χ0) is 30.9. The molecule has 1 N–H and O–H groups in total. The van der Waals surface area contributed by atoms with E-state index in [1.165, 1.54) is 4.57 Å². The molecule has 0 saturated carbocycles. The fourth-order valence-electron chi connectivity index (χ4n) is 6.77. The second-order valence-corrected chi connectivity index (χ2v) is 16.6. The van der Waals surface area contributed by atoms with Gasteiger partial charge in [0.05, 0.1) is 19.8 Å². The van der Waals surface area contributed by atoms with E-state index in [-0.39, 0.29) is 24.2 Å². The van der Waals surface area contributed by atoms with Gasteiger partial charge in [0.25, 0.3) is 5.56 Å². The highest BCUT2D eigenvalue weighted by Crippen LogP contribution is 2.46. The monoisotopic (exact) mass is 612 g/mol. The maximum Gasteiger partial charge on any atom is 0.330 e. The van der Waals surface area contributed by atoms with Crippen LogP contribution >= 0.6 is 0 Å². The summed E-state index contributed by atoms with van der Waals surface area (Å²) in [6.07, 6.45) is 2.17.